The van der Waals surface area contributed by atoms with Crippen LogP contribution in [0, 0.1) is 0 Å². The summed E-state index contributed by atoms with van der Waals surface area (Å²) in [4.78, 5) is 15.8. The Morgan fingerprint density at radius 3 is 3.06 bits per heavy atom. The second-order valence-electron chi connectivity index (χ2n) is 4.11. The first kappa shape index (κ1) is 9.39. The van der Waals surface area contributed by atoms with Crippen molar-refractivity contribution in [1.82, 2.24) is 9.38 Å². The van der Waals surface area contributed by atoms with Gasteiger partial charge in [-0.1, -0.05) is 0 Å². The van der Waals surface area contributed by atoms with Crippen LogP contribution >= 0.6 is 0 Å². The molecule has 0 aliphatic heterocycles. The van der Waals surface area contributed by atoms with E-state index in [4.69, 9.17) is 4.74 Å². The Labute approximate surface area is 92.9 Å². The molecule has 4 heteroatoms. The van der Waals surface area contributed by atoms with E-state index in [0.29, 0.717) is 11.5 Å². The van der Waals surface area contributed by atoms with Crippen molar-refractivity contribution in [3.05, 3.63) is 35.8 Å². The maximum Gasteiger partial charge on any atom is 0.339 e. The smallest absolute Gasteiger partial charge is 0.339 e. The number of methoxy groups -OCH3 is 1. The van der Waals surface area contributed by atoms with Crippen LogP contribution in [0.3, 0.4) is 0 Å². The van der Waals surface area contributed by atoms with Crippen LogP contribution in [0.5, 0.6) is 0 Å². The molecule has 4 nitrogen and oxygen atoms in total. The lowest BCUT2D eigenvalue weighted by Crippen LogP contribution is -2.04. The number of carbonyl (C=O) groups is 1. The van der Waals surface area contributed by atoms with Crippen molar-refractivity contribution in [3.8, 4) is 0 Å². The van der Waals surface area contributed by atoms with Crippen LogP contribution in [0.25, 0.3) is 5.65 Å². The minimum atomic E-state index is -0.294. The SMILES string of the molecule is COC(=O)c1cc(C2CC2)c2nccn2c1. The Bertz CT molecular complexity index is 555. The Morgan fingerprint density at radius 2 is 2.38 bits per heavy atom. The van der Waals surface area contributed by atoms with Crippen molar-refractivity contribution in [2.75, 3.05) is 7.11 Å². The van der Waals surface area contributed by atoms with Gasteiger partial charge in [0.1, 0.15) is 5.65 Å². The first-order chi connectivity index (χ1) is 7.79. The molecular formula is C12H12N2O2. The van der Waals surface area contributed by atoms with Gasteiger partial charge in [0, 0.05) is 18.6 Å². The number of rotatable bonds is 2. The second-order valence-corrected chi connectivity index (χ2v) is 4.11. The molecule has 0 saturated heterocycles. The van der Waals surface area contributed by atoms with Crippen LogP contribution in [0.1, 0.15) is 34.7 Å². The highest BCUT2D eigenvalue weighted by Gasteiger charge is 2.27. The molecule has 1 aliphatic carbocycles. The summed E-state index contributed by atoms with van der Waals surface area (Å²) in [5.41, 5.74) is 2.71. The molecule has 0 N–H and O–H groups in total. The Balaban J connectivity index is 2.20. The molecule has 2 aromatic heterocycles. The van der Waals surface area contributed by atoms with E-state index in [1.54, 1.807) is 12.4 Å². The first-order valence-corrected chi connectivity index (χ1v) is 5.34. The predicted octanol–water partition coefficient (Wildman–Crippen LogP) is 2.00. The van der Waals surface area contributed by atoms with Gasteiger partial charge in [-0.15, -0.1) is 0 Å². The number of imidazole rings is 1. The minimum absolute atomic E-state index is 0.294. The number of carbonyl (C=O) groups excluding carboxylic acids is 1. The molecule has 2 heterocycles. The summed E-state index contributed by atoms with van der Waals surface area (Å²) in [5, 5.41) is 0. The van der Waals surface area contributed by atoms with Gasteiger partial charge in [-0.05, 0) is 30.4 Å². The number of hydrogen-bond donors (Lipinski definition) is 0. The van der Waals surface area contributed by atoms with E-state index < -0.39 is 0 Å². The molecule has 0 unspecified atom stereocenters. The van der Waals surface area contributed by atoms with E-state index in [-0.39, 0.29) is 5.97 Å². The zero-order chi connectivity index (χ0) is 11.1. The number of hydrogen-bond acceptors (Lipinski definition) is 3. The third kappa shape index (κ3) is 1.38. The average Bonchev–Trinajstić information content (AvgIpc) is 3.04. The molecule has 1 aliphatic rings. The quantitative estimate of drug-likeness (QED) is 0.721. The molecule has 2 aromatic rings. The van der Waals surface area contributed by atoms with Crippen LogP contribution in [-0.2, 0) is 4.74 Å². The molecular weight excluding hydrogens is 204 g/mol. The van der Waals surface area contributed by atoms with Crippen molar-refractivity contribution >= 4 is 11.6 Å². The highest BCUT2D eigenvalue weighted by atomic mass is 16.5. The maximum absolute atomic E-state index is 11.5. The number of nitrogens with zero attached hydrogens (tertiary/aromatic N) is 2. The molecule has 0 aromatic carbocycles. The standard InChI is InChI=1S/C12H12N2O2/c1-16-12(15)9-6-10(8-2-3-8)11-13-4-5-14(11)7-9/h4-8H,2-3H2,1H3. The lowest BCUT2D eigenvalue weighted by atomic mass is 10.1. The fourth-order valence-electron chi connectivity index (χ4n) is 1.98. The predicted molar refractivity (Wildman–Crippen MR) is 58.5 cm³/mol. The highest BCUT2D eigenvalue weighted by molar-refractivity contribution is 5.89. The van der Waals surface area contributed by atoms with Crippen LogP contribution < -0.4 is 0 Å². The molecule has 82 valence electrons. The number of aromatic nitrogens is 2. The average molecular weight is 216 g/mol. The third-order valence-corrected chi connectivity index (χ3v) is 2.95. The fourth-order valence-corrected chi connectivity index (χ4v) is 1.98. The summed E-state index contributed by atoms with van der Waals surface area (Å²) in [5.74, 6) is 0.270. The third-order valence-electron chi connectivity index (χ3n) is 2.95. The van der Waals surface area contributed by atoms with E-state index in [1.807, 2.05) is 16.7 Å². The zero-order valence-corrected chi connectivity index (χ0v) is 9.01. The number of ether oxygens (including phenoxy) is 1. The molecule has 0 spiro atoms. The highest BCUT2D eigenvalue weighted by Crippen LogP contribution is 2.41. The Kier molecular flexibility index (Phi) is 1.96. The minimum Gasteiger partial charge on any atom is -0.465 e. The van der Waals surface area contributed by atoms with Gasteiger partial charge >= 0.3 is 5.97 Å². The van der Waals surface area contributed by atoms with E-state index in [9.17, 15) is 4.79 Å². The summed E-state index contributed by atoms with van der Waals surface area (Å²) in [6.07, 6.45) is 7.75. The summed E-state index contributed by atoms with van der Waals surface area (Å²) in [6, 6.07) is 1.91. The van der Waals surface area contributed by atoms with Gasteiger partial charge in [0.05, 0.1) is 12.7 Å². The summed E-state index contributed by atoms with van der Waals surface area (Å²) < 4.78 is 6.63. The summed E-state index contributed by atoms with van der Waals surface area (Å²) >= 11 is 0. The van der Waals surface area contributed by atoms with Crippen molar-refractivity contribution in [2.24, 2.45) is 0 Å². The van der Waals surface area contributed by atoms with E-state index >= 15 is 0 Å². The number of esters is 1. The van der Waals surface area contributed by atoms with Crippen molar-refractivity contribution < 1.29 is 9.53 Å². The normalized spacial score (nSPS) is 15.3. The van der Waals surface area contributed by atoms with Crippen molar-refractivity contribution in [3.63, 3.8) is 0 Å². The largest absolute Gasteiger partial charge is 0.465 e. The van der Waals surface area contributed by atoms with Crippen LogP contribution in [0.2, 0.25) is 0 Å². The van der Waals surface area contributed by atoms with E-state index in [1.165, 1.54) is 20.0 Å². The van der Waals surface area contributed by atoms with Crippen LogP contribution in [-0.4, -0.2) is 22.5 Å². The lowest BCUT2D eigenvalue weighted by Gasteiger charge is -2.05. The zero-order valence-electron chi connectivity index (χ0n) is 9.01. The van der Waals surface area contributed by atoms with Crippen molar-refractivity contribution in [1.29, 1.82) is 0 Å². The molecule has 0 bridgehead atoms. The van der Waals surface area contributed by atoms with Crippen LogP contribution in [0.4, 0.5) is 0 Å². The maximum atomic E-state index is 11.5. The lowest BCUT2D eigenvalue weighted by molar-refractivity contribution is 0.0600. The van der Waals surface area contributed by atoms with E-state index in [2.05, 4.69) is 4.98 Å². The van der Waals surface area contributed by atoms with E-state index in [0.717, 1.165) is 11.2 Å². The topological polar surface area (TPSA) is 43.6 Å². The fraction of sp³-hybridized carbons (Fsp3) is 0.333. The molecule has 16 heavy (non-hydrogen) atoms. The second kappa shape index (κ2) is 3.33. The van der Waals surface area contributed by atoms with Gasteiger partial charge in [-0.2, -0.15) is 0 Å². The molecule has 0 amide bonds. The summed E-state index contributed by atoms with van der Waals surface area (Å²) in [6.45, 7) is 0. The van der Waals surface area contributed by atoms with Gasteiger partial charge in [0.25, 0.3) is 0 Å². The van der Waals surface area contributed by atoms with Crippen molar-refractivity contribution in [2.45, 2.75) is 18.8 Å². The summed E-state index contributed by atoms with van der Waals surface area (Å²) in [7, 11) is 1.40. The molecule has 0 radical (unpaired) electrons. The number of pyridine rings is 1. The molecule has 1 saturated carbocycles. The van der Waals surface area contributed by atoms with Gasteiger partial charge < -0.3 is 9.14 Å². The number of fused-ring (bicyclic) bond motifs is 1. The van der Waals surface area contributed by atoms with Gasteiger partial charge in [-0.25, -0.2) is 9.78 Å². The molecule has 0 atom stereocenters. The molecule has 1 fully saturated rings. The first-order valence-electron chi connectivity index (χ1n) is 5.34. The van der Waals surface area contributed by atoms with Gasteiger partial charge in [-0.3, -0.25) is 0 Å². The van der Waals surface area contributed by atoms with Gasteiger partial charge in [0.2, 0.25) is 0 Å². The monoisotopic (exact) mass is 216 g/mol. The van der Waals surface area contributed by atoms with Gasteiger partial charge in [0.15, 0.2) is 0 Å². The van der Waals surface area contributed by atoms with Crippen LogP contribution in [0.15, 0.2) is 24.7 Å². The Morgan fingerprint density at radius 1 is 1.56 bits per heavy atom. The molecule has 3 rings (SSSR count). The Hall–Kier alpha value is -1.84.